The second kappa shape index (κ2) is 7.85. The number of carbonyl (C=O) groups excluding carboxylic acids is 2. The number of aryl methyl sites for hydroxylation is 1. The fraction of sp³-hybridized carbons (Fsp3) is 0.526. The molecule has 3 saturated heterocycles. The van der Waals surface area contributed by atoms with Gasteiger partial charge in [0.25, 0.3) is 5.91 Å². The Hall–Kier alpha value is -2.77. The fourth-order valence-corrected chi connectivity index (χ4v) is 4.10. The van der Waals surface area contributed by atoms with Gasteiger partial charge >= 0.3 is 0 Å². The van der Waals surface area contributed by atoms with Crippen molar-refractivity contribution in [3.05, 3.63) is 43.0 Å². The van der Waals surface area contributed by atoms with Crippen LogP contribution in [0.1, 0.15) is 36.2 Å². The van der Waals surface area contributed by atoms with Gasteiger partial charge in [-0.3, -0.25) is 14.6 Å². The zero-order valence-corrected chi connectivity index (χ0v) is 15.3. The first-order valence-corrected chi connectivity index (χ1v) is 9.51. The van der Waals surface area contributed by atoms with Gasteiger partial charge in [-0.1, -0.05) is 0 Å². The van der Waals surface area contributed by atoms with Crippen molar-refractivity contribution in [3.8, 4) is 0 Å². The van der Waals surface area contributed by atoms with E-state index < -0.39 is 0 Å². The number of fused-ring (bicyclic) bond motifs is 4. The molecule has 3 aliphatic heterocycles. The van der Waals surface area contributed by atoms with Gasteiger partial charge in [0.05, 0.1) is 12.5 Å². The number of amides is 2. The number of aromatic nitrogens is 4. The molecule has 3 fully saturated rings. The molecule has 0 N–H and O–H groups in total. The van der Waals surface area contributed by atoms with Crippen molar-refractivity contribution in [2.24, 2.45) is 5.92 Å². The average Bonchev–Trinajstić information content (AvgIpc) is 3.05. The number of imidazole rings is 1. The van der Waals surface area contributed by atoms with Crippen LogP contribution in [0.3, 0.4) is 0 Å². The van der Waals surface area contributed by atoms with E-state index in [1.54, 1.807) is 18.7 Å². The van der Waals surface area contributed by atoms with Crippen LogP contribution in [-0.2, 0) is 11.3 Å². The third kappa shape index (κ3) is 3.99. The molecule has 0 saturated carbocycles. The Morgan fingerprint density at radius 2 is 2.00 bits per heavy atom. The molecule has 8 nitrogen and oxygen atoms in total. The van der Waals surface area contributed by atoms with Gasteiger partial charge in [0.15, 0.2) is 0 Å². The van der Waals surface area contributed by atoms with Gasteiger partial charge in [-0.15, -0.1) is 0 Å². The van der Waals surface area contributed by atoms with Gasteiger partial charge in [0.1, 0.15) is 5.69 Å². The number of nitrogens with zero attached hydrogens (tertiary/aromatic N) is 6. The number of hydrogen-bond donors (Lipinski definition) is 0. The van der Waals surface area contributed by atoms with Crippen LogP contribution in [0.2, 0.25) is 0 Å². The number of carbonyl (C=O) groups is 2. The highest BCUT2D eigenvalue weighted by Gasteiger charge is 2.38. The van der Waals surface area contributed by atoms with Crippen molar-refractivity contribution < 1.29 is 9.59 Å². The number of hydrogen-bond acceptors (Lipinski definition) is 5. The van der Waals surface area contributed by atoms with E-state index in [1.807, 2.05) is 20.6 Å². The summed E-state index contributed by atoms with van der Waals surface area (Å²) in [6, 6.07) is 0.102. The third-order valence-corrected chi connectivity index (χ3v) is 5.47. The van der Waals surface area contributed by atoms with Gasteiger partial charge in [-0.2, -0.15) is 0 Å². The van der Waals surface area contributed by atoms with Gasteiger partial charge in [-0.05, 0) is 25.2 Å². The Morgan fingerprint density at radius 1 is 1.07 bits per heavy atom. The summed E-state index contributed by atoms with van der Waals surface area (Å²) in [6.07, 6.45) is 13.4. The first-order chi connectivity index (χ1) is 13.2. The monoisotopic (exact) mass is 368 g/mol. The molecule has 142 valence electrons. The highest BCUT2D eigenvalue weighted by Crippen LogP contribution is 2.29. The van der Waals surface area contributed by atoms with Crippen LogP contribution in [0.4, 0.5) is 0 Å². The molecule has 2 amide bonds. The number of piperidine rings is 1. The first kappa shape index (κ1) is 17.6. The van der Waals surface area contributed by atoms with Gasteiger partial charge in [-0.25, -0.2) is 9.97 Å². The van der Waals surface area contributed by atoms with E-state index in [0.29, 0.717) is 31.1 Å². The molecule has 2 bridgehead atoms. The first-order valence-electron chi connectivity index (χ1n) is 9.51. The maximum atomic E-state index is 12.8. The third-order valence-electron chi connectivity index (χ3n) is 5.47. The van der Waals surface area contributed by atoms with E-state index in [2.05, 4.69) is 15.0 Å². The predicted molar refractivity (Wildman–Crippen MR) is 97.6 cm³/mol. The summed E-state index contributed by atoms with van der Waals surface area (Å²) in [6.45, 7) is 2.81. The molecule has 2 aromatic heterocycles. The Morgan fingerprint density at radius 3 is 2.78 bits per heavy atom. The molecule has 0 radical (unpaired) electrons. The van der Waals surface area contributed by atoms with Gasteiger partial charge < -0.3 is 14.4 Å². The molecule has 0 aromatic carbocycles. The molecule has 5 rings (SSSR count). The van der Waals surface area contributed by atoms with Crippen molar-refractivity contribution in [2.45, 2.75) is 38.3 Å². The number of rotatable bonds is 5. The summed E-state index contributed by atoms with van der Waals surface area (Å²) >= 11 is 0. The second-order valence-corrected chi connectivity index (χ2v) is 7.35. The zero-order chi connectivity index (χ0) is 18.6. The average molecular weight is 368 g/mol. The molecule has 0 aliphatic carbocycles. The lowest BCUT2D eigenvalue weighted by Crippen LogP contribution is -2.47. The van der Waals surface area contributed by atoms with E-state index in [-0.39, 0.29) is 17.9 Å². The summed E-state index contributed by atoms with van der Waals surface area (Å²) in [7, 11) is 0. The smallest absolute Gasteiger partial charge is 0.274 e. The standard InChI is InChI=1S/C19H24N6O2/c26-18(2-1-8-23-9-7-21-14-23)25-12-15-3-4-16(25)13-24(11-15)19(27)17-10-20-5-6-22-17/h5-7,9-10,14-16H,1-4,8,11-13H2/t15-,16+/m0/s1. The van der Waals surface area contributed by atoms with E-state index in [1.165, 1.54) is 12.4 Å². The highest BCUT2D eigenvalue weighted by molar-refractivity contribution is 5.92. The molecule has 27 heavy (non-hydrogen) atoms. The second-order valence-electron chi connectivity index (χ2n) is 7.35. The Bertz CT molecular complexity index is 779. The van der Waals surface area contributed by atoms with Crippen molar-refractivity contribution in [1.29, 1.82) is 0 Å². The lowest BCUT2D eigenvalue weighted by Gasteiger charge is -2.36. The summed E-state index contributed by atoms with van der Waals surface area (Å²) < 4.78 is 1.99. The minimum atomic E-state index is -0.0885. The summed E-state index contributed by atoms with van der Waals surface area (Å²) in [5.41, 5.74) is 0.372. The molecule has 0 spiro atoms. The summed E-state index contributed by atoms with van der Waals surface area (Å²) in [4.78, 5) is 41.6. The molecule has 8 heteroatoms. The SMILES string of the molecule is O=C(c1cnccn1)N1C[C@@H]2CC[C@H](C1)N(C(=O)CCCn1ccnc1)C2. The Kier molecular flexibility index (Phi) is 5.13. The molecule has 5 heterocycles. The Labute approximate surface area is 158 Å². The molecule has 2 aromatic rings. The minimum Gasteiger partial charge on any atom is -0.338 e. The minimum absolute atomic E-state index is 0.0885. The highest BCUT2D eigenvalue weighted by atomic mass is 16.2. The van der Waals surface area contributed by atoms with E-state index in [9.17, 15) is 9.59 Å². The van der Waals surface area contributed by atoms with Crippen molar-refractivity contribution in [3.63, 3.8) is 0 Å². The van der Waals surface area contributed by atoms with Crippen LogP contribution in [-0.4, -0.2) is 66.8 Å². The van der Waals surface area contributed by atoms with Gasteiger partial charge in [0.2, 0.25) is 5.91 Å². The van der Waals surface area contributed by atoms with Crippen LogP contribution >= 0.6 is 0 Å². The zero-order valence-electron chi connectivity index (χ0n) is 15.3. The van der Waals surface area contributed by atoms with E-state index >= 15 is 0 Å². The van der Waals surface area contributed by atoms with E-state index in [0.717, 1.165) is 32.4 Å². The van der Waals surface area contributed by atoms with Crippen LogP contribution in [0, 0.1) is 5.92 Å². The van der Waals surface area contributed by atoms with Gasteiger partial charge in [0, 0.05) is 63.4 Å². The van der Waals surface area contributed by atoms with Crippen molar-refractivity contribution >= 4 is 11.8 Å². The largest absolute Gasteiger partial charge is 0.338 e. The molecule has 3 aliphatic rings. The predicted octanol–water partition coefficient (Wildman–Crippen LogP) is 1.22. The lowest BCUT2D eigenvalue weighted by atomic mass is 9.94. The van der Waals surface area contributed by atoms with E-state index in [4.69, 9.17) is 0 Å². The van der Waals surface area contributed by atoms with Crippen molar-refractivity contribution in [2.75, 3.05) is 19.6 Å². The van der Waals surface area contributed by atoms with Crippen molar-refractivity contribution in [1.82, 2.24) is 29.3 Å². The molecular weight excluding hydrogens is 344 g/mol. The Balaban J connectivity index is 1.37. The van der Waals surface area contributed by atoms with Crippen LogP contribution in [0.25, 0.3) is 0 Å². The molecular formula is C19H24N6O2. The lowest BCUT2D eigenvalue weighted by molar-refractivity contribution is -0.135. The maximum Gasteiger partial charge on any atom is 0.274 e. The molecule has 2 atom stereocenters. The van der Waals surface area contributed by atoms with Crippen LogP contribution in [0.15, 0.2) is 37.3 Å². The summed E-state index contributed by atoms with van der Waals surface area (Å²) in [5, 5.41) is 0. The van der Waals surface area contributed by atoms with Crippen LogP contribution < -0.4 is 0 Å². The quantitative estimate of drug-likeness (QED) is 0.792. The molecule has 0 unspecified atom stereocenters. The normalized spacial score (nSPS) is 21.9. The maximum absolute atomic E-state index is 12.8. The van der Waals surface area contributed by atoms with Crippen LogP contribution in [0.5, 0.6) is 0 Å². The fourth-order valence-electron chi connectivity index (χ4n) is 4.10. The summed E-state index contributed by atoms with van der Waals surface area (Å²) in [5.74, 6) is 0.440. The topological polar surface area (TPSA) is 84.2 Å².